The highest BCUT2D eigenvalue weighted by atomic mass is 35.5. The topological polar surface area (TPSA) is 111 Å². The predicted molar refractivity (Wildman–Crippen MR) is 126 cm³/mol. The van der Waals surface area contributed by atoms with E-state index in [0.29, 0.717) is 33.8 Å². The quantitative estimate of drug-likeness (QED) is 0.287. The van der Waals surface area contributed by atoms with Crippen molar-refractivity contribution in [3.63, 3.8) is 0 Å². The lowest BCUT2D eigenvalue weighted by atomic mass is 10.3. The van der Waals surface area contributed by atoms with Crippen molar-refractivity contribution < 1.29 is 9.53 Å². The number of hydrogen-bond acceptors (Lipinski definition) is 7. The van der Waals surface area contributed by atoms with E-state index in [1.165, 1.54) is 6.20 Å². The first kappa shape index (κ1) is 22.6. The Bertz CT molecular complexity index is 1440. The number of rotatable bonds is 3. The molecule has 5 heterocycles. The Hall–Kier alpha value is -3.56. The Kier molecular flexibility index (Phi) is 6.52. The van der Waals surface area contributed by atoms with Gasteiger partial charge in [0.2, 0.25) is 0 Å². The van der Waals surface area contributed by atoms with Gasteiger partial charge in [0.15, 0.2) is 10.3 Å². The molecule has 0 amide bonds. The predicted octanol–water partition coefficient (Wildman–Crippen LogP) is 4.87. The first-order chi connectivity index (χ1) is 15.9. The summed E-state index contributed by atoms with van der Waals surface area (Å²) in [6, 6.07) is 7.09. The van der Waals surface area contributed by atoms with E-state index in [4.69, 9.17) is 27.9 Å². The molecule has 168 valence electrons. The summed E-state index contributed by atoms with van der Waals surface area (Å²) in [5.41, 5.74) is 3.52. The molecule has 5 aromatic rings. The fraction of sp³-hybridized carbons (Fsp3) is 0.182. The fourth-order valence-electron chi connectivity index (χ4n) is 3.26. The molecule has 11 heteroatoms. The zero-order valence-corrected chi connectivity index (χ0v) is 19.5. The van der Waals surface area contributed by atoms with Crippen LogP contribution >= 0.6 is 23.2 Å². The van der Waals surface area contributed by atoms with Crippen LogP contribution in [0.15, 0.2) is 42.9 Å². The Morgan fingerprint density at radius 3 is 2.39 bits per heavy atom. The van der Waals surface area contributed by atoms with Crippen LogP contribution in [0.5, 0.6) is 0 Å². The van der Waals surface area contributed by atoms with Crippen LogP contribution in [0.2, 0.25) is 10.3 Å². The molecule has 0 radical (unpaired) electrons. The van der Waals surface area contributed by atoms with Gasteiger partial charge in [-0.3, -0.25) is 4.57 Å². The van der Waals surface area contributed by atoms with Crippen LogP contribution in [-0.4, -0.2) is 47.0 Å². The standard InChI is InChI=1S/C15H13ClN4O2.C7H6ClN3/c1-3-22-15(21)10-4-5-12(18-8-10)20-9(2)19-13-11(20)6-7-17-14(13)16;1-4-10-5-2-3-9-7(8)6(5)11-4/h4-8H,3H2,1-2H3;2-3H,1H3,(H,10,11). The maximum atomic E-state index is 11.7. The minimum absolute atomic E-state index is 0.331. The number of imidazole rings is 2. The molecule has 0 aromatic carbocycles. The van der Waals surface area contributed by atoms with Gasteiger partial charge in [0.25, 0.3) is 0 Å². The maximum absolute atomic E-state index is 11.7. The summed E-state index contributed by atoms with van der Waals surface area (Å²) in [6.07, 6.45) is 4.76. The number of hydrogen-bond donors (Lipinski definition) is 1. The summed E-state index contributed by atoms with van der Waals surface area (Å²) >= 11 is 11.8. The second kappa shape index (κ2) is 9.51. The van der Waals surface area contributed by atoms with Crippen LogP contribution in [0.25, 0.3) is 27.9 Å². The van der Waals surface area contributed by atoms with Crippen molar-refractivity contribution >= 4 is 51.2 Å². The van der Waals surface area contributed by atoms with Gasteiger partial charge in [-0.05, 0) is 45.0 Å². The van der Waals surface area contributed by atoms with Crippen molar-refractivity contribution in [1.29, 1.82) is 0 Å². The maximum Gasteiger partial charge on any atom is 0.339 e. The van der Waals surface area contributed by atoms with Crippen molar-refractivity contribution in [3.05, 3.63) is 70.4 Å². The third-order valence-corrected chi connectivity index (χ3v) is 5.21. The number of nitrogens with one attached hydrogen (secondary N) is 1. The minimum Gasteiger partial charge on any atom is -0.462 e. The first-order valence-corrected chi connectivity index (χ1v) is 10.7. The van der Waals surface area contributed by atoms with Gasteiger partial charge in [0.05, 0.1) is 23.2 Å². The largest absolute Gasteiger partial charge is 0.462 e. The van der Waals surface area contributed by atoms with Gasteiger partial charge in [-0.2, -0.15) is 0 Å². The van der Waals surface area contributed by atoms with E-state index in [1.807, 2.05) is 30.5 Å². The van der Waals surface area contributed by atoms with Gasteiger partial charge in [-0.15, -0.1) is 0 Å². The van der Waals surface area contributed by atoms with Crippen LogP contribution < -0.4 is 0 Å². The van der Waals surface area contributed by atoms with Crippen molar-refractivity contribution in [2.45, 2.75) is 20.8 Å². The Morgan fingerprint density at radius 2 is 1.73 bits per heavy atom. The molecule has 0 saturated heterocycles. The highest BCUT2D eigenvalue weighted by Gasteiger charge is 2.14. The average Bonchev–Trinajstić information content (AvgIpc) is 3.35. The number of ether oxygens (including phenoxy) is 1. The van der Waals surface area contributed by atoms with Crippen LogP contribution in [0.4, 0.5) is 0 Å². The molecule has 0 unspecified atom stereocenters. The highest BCUT2D eigenvalue weighted by Crippen LogP contribution is 2.24. The van der Waals surface area contributed by atoms with E-state index in [1.54, 1.807) is 31.5 Å². The molecule has 1 N–H and O–H groups in total. The number of aryl methyl sites for hydroxylation is 2. The molecule has 0 saturated carbocycles. The van der Waals surface area contributed by atoms with Gasteiger partial charge in [-0.25, -0.2) is 29.7 Å². The molecule has 0 atom stereocenters. The molecular weight excluding hydrogens is 465 g/mol. The van der Waals surface area contributed by atoms with Crippen molar-refractivity contribution in [2.24, 2.45) is 0 Å². The monoisotopic (exact) mass is 483 g/mol. The second-order valence-electron chi connectivity index (χ2n) is 6.91. The molecule has 0 aliphatic carbocycles. The van der Waals surface area contributed by atoms with Gasteiger partial charge in [0.1, 0.15) is 28.5 Å². The first-order valence-electron chi connectivity index (χ1n) is 9.99. The van der Waals surface area contributed by atoms with E-state index in [0.717, 1.165) is 28.2 Å². The van der Waals surface area contributed by atoms with Gasteiger partial charge in [0, 0.05) is 18.6 Å². The summed E-state index contributed by atoms with van der Waals surface area (Å²) in [4.78, 5) is 35.5. The molecule has 0 bridgehead atoms. The van der Waals surface area contributed by atoms with E-state index < -0.39 is 0 Å². The molecule has 5 aromatic heterocycles. The third-order valence-electron chi connectivity index (χ3n) is 4.66. The van der Waals surface area contributed by atoms with Crippen LogP contribution in [0.1, 0.15) is 28.9 Å². The number of carbonyl (C=O) groups is 1. The van der Waals surface area contributed by atoms with Crippen molar-refractivity contribution in [2.75, 3.05) is 6.61 Å². The number of aromatic nitrogens is 7. The van der Waals surface area contributed by atoms with E-state index in [9.17, 15) is 4.79 Å². The summed E-state index contributed by atoms with van der Waals surface area (Å²) in [6.45, 7) is 5.84. The van der Waals surface area contributed by atoms with Gasteiger partial charge < -0.3 is 9.72 Å². The summed E-state index contributed by atoms with van der Waals surface area (Å²) in [7, 11) is 0. The lowest BCUT2D eigenvalue weighted by Gasteiger charge is -2.07. The van der Waals surface area contributed by atoms with Crippen LogP contribution in [0.3, 0.4) is 0 Å². The Balaban J connectivity index is 0.000000196. The number of halogens is 2. The summed E-state index contributed by atoms with van der Waals surface area (Å²) in [5.74, 6) is 1.85. The molecule has 0 aliphatic heterocycles. The fourth-order valence-corrected chi connectivity index (χ4v) is 3.65. The zero-order valence-electron chi connectivity index (χ0n) is 18.0. The van der Waals surface area contributed by atoms with Crippen molar-refractivity contribution in [3.8, 4) is 5.82 Å². The number of aromatic amines is 1. The number of fused-ring (bicyclic) bond motifs is 2. The van der Waals surface area contributed by atoms with Crippen LogP contribution in [0, 0.1) is 13.8 Å². The number of nitrogens with zero attached hydrogens (tertiary/aromatic N) is 6. The highest BCUT2D eigenvalue weighted by molar-refractivity contribution is 6.34. The van der Waals surface area contributed by atoms with E-state index in [2.05, 4.69) is 29.9 Å². The molecule has 0 spiro atoms. The second-order valence-corrected chi connectivity index (χ2v) is 7.63. The van der Waals surface area contributed by atoms with Crippen LogP contribution in [-0.2, 0) is 4.74 Å². The lowest BCUT2D eigenvalue weighted by molar-refractivity contribution is 0.0526. The Labute approximate surface area is 198 Å². The van der Waals surface area contributed by atoms with Gasteiger partial charge in [-0.1, -0.05) is 23.2 Å². The number of H-pyrrole nitrogens is 1. The average molecular weight is 484 g/mol. The lowest BCUT2D eigenvalue weighted by Crippen LogP contribution is -2.06. The molecular formula is C22H19Cl2N7O2. The van der Waals surface area contributed by atoms with Crippen molar-refractivity contribution in [1.82, 2.24) is 34.5 Å². The van der Waals surface area contributed by atoms with Gasteiger partial charge >= 0.3 is 5.97 Å². The number of carbonyl (C=O) groups excluding carboxylic acids is 1. The molecule has 5 rings (SSSR count). The minimum atomic E-state index is -0.388. The number of pyridine rings is 3. The Morgan fingerprint density at radius 1 is 1.00 bits per heavy atom. The molecule has 9 nitrogen and oxygen atoms in total. The number of esters is 1. The molecule has 0 aliphatic rings. The summed E-state index contributed by atoms with van der Waals surface area (Å²) in [5, 5.41) is 0.800. The normalized spacial score (nSPS) is 10.8. The zero-order chi connectivity index (χ0) is 23.5. The van der Waals surface area contributed by atoms with E-state index >= 15 is 0 Å². The molecule has 33 heavy (non-hydrogen) atoms. The van der Waals surface area contributed by atoms with E-state index in [-0.39, 0.29) is 5.97 Å². The molecule has 0 fully saturated rings. The smallest absolute Gasteiger partial charge is 0.339 e. The third kappa shape index (κ3) is 4.64. The summed E-state index contributed by atoms with van der Waals surface area (Å²) < 4.78 is 6.80. The SMILES string of the molecule is CCOC(=O)c1ccc(-n2c(C)nc3c(Cl)nccc32)nc1.Cc1nc2c(Cl)nccc2[nH]1.